The van der Waals surface area contributed by atoms with Gasteiger partial charge in [-0.15, -0.1) is 0 Å². The Morgan fingerprint density at radius 1 is 1.33 bits per heavy atom. The van der Waals surface area contributed by atoms with Crippen LogP contribution in [0.4, 0.5) is 0 Å². The van der Waals surface area contributed by atoms with Crippen molar-refractivity contribution in [2.75, 3.05) is 26.3 Å². The molecule has 1 saturated carbocycles. The summed E-state index contributed by atoms with van der Waals surface area (Å²) in [5.41, 5.74) is 0.681. The highest BCUT2D eigenvalue weighted by molar-refractivity contribution is 5.03. The number of nitrogens with one attached hydrogen (secondary N) is 1. The van der Waals surface area contributed by atoms with E-state index >= 15 is 0 Å². The maximum absolute atomic E-state index is 5.54. The second kappa shape index (κ2) is 4.84. The summed E-state index contributed by atoms with van der Waals surface area (Å²) < 4.78 is 5.54. The third-order valence-electron chi connectivity index (χ3n) is 4.01. The molecule has 0 amide bonds. The summed E-state index contributed by atoms with van der Waals surface area (Å²) >= 11 is 0. The molecule has 1 saturated heterocycles. The van der Waals surface area contributed by atoms with Gasteiger partial charge < -0.3 is 10.1 Å². The molecule has 1 N–H and O–H groups in total. The molecule has 2 atom stereocenters. The number of hydrogen-bond donors (Lipinski definition) is 1. The fourth-order valence-electron chi connectivity index (χ4n) is 2.91. The van der Waals surface area contributed by atoms with Crippen molar-refractivity contribution < 1.29 is 4.74 Å². The van der Waals surface area contributed by atoms with Gasteiger partial charge in [0.1, 0.15) is 0 Å². The first-order valence-corrected chi connectivity index (χ1v) is 6.51. The smallest absolute Gasteiger partial charge is 0.0471 e. The lowest BCUT2D eigenvalue weighted by Crippen LogP contribution is -2.24. The predicted octanol–water partition coefficient (Wildman–Crippen LogP) is 2.44. The quantitative estimate of drug-likeness (QED) is 0.771. The molecule has 0 aromatic heterocycles. The van der Waals surface area contributed by atoms with Crippen molar-refractivity contribution in [3.8, 4) is 0 Å². The third kappa shape index (κ3) is 2.94. The zero-order valence-corrected chi connectivity index (χ0v) is 10.2. The van der Waals surface area contributed by atoms with Crippen LogP contribution in [0.5, 0.6) is 0 Å². The second-order valence-corrected chi connectivity index (χ2v) is 5.78. The van der Waals surface area contributed by atoms with Crippen LogP contribution in [0.3, 0.4) is 0 Å². The van der Waals surface area contributed by atoms with Crippen molar-refractivity contribution in [1.29, 1.82) is 0 Å². The first-order valence-electron chi connectivity index (χ1n) is 6.51. The van der Waals surface area contributed by atoms with Gasteiger partial charge in [0.05, 0.1) is 0 Å². The Balaban J connectivity index is 1.68. The number of rotatable bonds is 4. The molecular formula is C13H25NO. The first kappa shape index (κ1) is 11.4. The Morgan fingerprint density at radius 2 is 2.20 bits per heavy atom. The van der Waals surface area contributed by atoms with Gasteiger partial charge >= 0.3 is 0 Å². The van der Waals surface area contributed by atoms with Gasteiger partial charge in [0.2, 0.25) is 0 Å². The maximum Gasteiger partial charge on any atom is 0.0471 e. The summed E-state index contributed by atoms with van der Waals surface area (Å²) in [4.78, 5) is 0. The number of ether oxygens (including phenoxy) is 1. The molecule has 15 heavy (non-hydrogen) atoms. The van der Waals surface area contributed by atoms with E-state index in [0.717, 1.165) is 25.0 Å². The van der Waals surface area contributed by atoms with Crippen LogP contribution < -0.4 is 5.32 Å². The van der Waals surface area contributed by atoms with Gasteiger partial charge in [-0.05, 0) is 56.0 Å². The van der Waals surface area contributed by atoms with E-state index < -0.39 is 0 Å². The molecule has 0 bridgehead atoms. The molecule has 88 valence electrons. The molecule has 2 aliphatic rings. The van der Waals surface area contributed by atoms with Gasteiger partial charge in [0.15, 0.2) is 0 Å². The molecule has 0 radical (unpaired) electrons. The van der Waals surface area contributed by atoms with Crippen LogP contribution in [-0.4, -0.2) is 26.3 Å². The molecule has 2 rings (SSSR count). The number of hydrogen-bond acceptors (Lipinski definition) is 2. The van der Waals surface area contributed by atoms with Crippen molar-refractivity contribution in [2.45, 2.75) is 39.5 Å². The Kier molecular flexibility index (Phi) is 3.68. The average molecular weight is 211 g/mol. The first-order chi connectivity index (χ1) is 7.23. The fourth-order valence-corrected chi connectivity index (χ4v) is 2.91. The lowest BCUT2D eigenvalue weighted by molar-refractivity contribution is 0.139. The van der Waals surface area contributed by atoms with Crippen LogP contribution in [0.15, 0.2) is 0 Å². The van der Waals surface area contributed by atoms with E-state index in [0.29, 0.717) is 5.41 Å². The Hall–Kier alpha value is -0.0800. The summed E-state index contributed by atoms with van der Waals surface area (Å²) in [6, 6.07) is 0. The highest BCUT2D eigenvalue weighted by Gasteiger charge is 2.52. The molecule has 2 unspecified atom stereocenters. The van der Waals surface area contributed by atoms with E-state index in [-0.39, 0.29) is 0 Å². The monoisotopic (exact) mass is 211 g/mol. The van der Waals surface area contributed by atoms with E-state index in [4.69, 9.17) is 4.74 Å². The van der Waals surface area contributed by atoms with Crippen molar-refractivity contribution in [3.05, 3.63) is 0 Å². The second-order valence-electron chi connectivity index (χ2n) is 5.78. The van der Waals surface area contributed by atoms with Crippen molar-refractivity contribution >= 4 is 0 Å². The molecule has 0 aromatic rings. The minimum Gasteiger partial charge on any atom is -0.381 e. The topological polar surface area (TPSA) is 21.3 Å². The maximum atomic E-state index is 5.54. The van der Waals surface area contributed by atoms with Crippen molar-refractivity contribution in [1.82, 2.24) is 5.32 Å². The third-order valence-corrected chi connectivity index (χ3v) is 4.01. The summed E-state index contributed by atoms with van der Waals surface area (Å²) in [5.74, 6) is 1.72. The van der Waals surface area contributed by atoms with Crippen molar-refractivity contribution in [2.24, 2.45) is 17.3 Å². The SMILES string of the molecule is CC(C)CNCC1CC12CCCOCC2. The normalized spacial score (nSPS) is 35.8. The molecule has 1 heterocycles. The van der Waals surface area contributed by atoms with Crippen LogP contribution in [0.1, 0.15) is 39.5 Å². The van der Waals surface area contributed by atoms with Gasteiger partial charge in [-0.2, -0.15) is 0 Å². The van der Waals surface area contributed by atoms with E-state index in [1.165, 1.54) is 38.8 Å². The van der Waals surface area contributed by atoms with Crippen LogP contribution >= 0.6 is 0 Å². The molecule has 2 nitrogen and oxygen atoms in total. The Morgan fingerprint density at radius 3 is 3.00 bits per heavy atom. The van der Waals surface area contributed by atoms with Gasteiger partial charge in [0.25, 0.3) is 0 Å². The molecular weight excluding hydrogens is 186 g/mol. The summed E-state index contributed by atoms with van der Waals surface area (Å²) in [6.45, 7) is 8.94. The van der Waals surface area contributed by atoms with Gasteiger partial charge in [-0.1, -0.05) is 13.8 Å². The van der Waals surface area contributed by atoms with Gasteiger partial charge in [-0.3, -0.25) is 0 Å². The van der Waals surface area contributed by atoms with Crippen LogP contribution in [0, 0.1) is 17.3 Å². The average Bonchev–Trinajstić information content (AvgIpc) is 2.91. The highest BCUT2D eigenvalue weighted by Crippen LogP contribution is 2.58. The van der Waals surface area contributed by atoms with Crippen LogP contribution in [0.2, 0.25) is 0 Å². The van der Waals surface area contributed by atoms with Gasteiger partial charge in [-0.25, -0.2) is 0 Å². The molecule has 2 heteroatoms. The minimum absolute atomic E-state index is 0.681. The minimum atomic E-state index is 0.681. The Labute approximate surface area is 93.8 Å². The van der Waals surface area contributed by atoms with Crippen molar-refractivity contribution in [3.63, 3.8) is 0 Å². The molecule has 1 aliphatic heterocycles. The largest absolute Gasteiger partial charge is 0.381 e. The highest BCUT2D eigenvalue weighted by atomic mass is 16.5. The zero-order valence-electron chi connectivity index (χ0n) is 10.2. The standard InChI is InChI=1S/C13H25NO/c1-11(2)9-14-10-12-8-13(12)4-3-6-15-7-5-13/h11-12,14H,3-10H2,1-2H3. The van der Waals surface area contributed by atoms with Gasteiger partial charge in [0, 0.05) is 13.2 Å². The molecule has 1 aliphatic carbocycles. The van der Waals surface area contributed by atoms with E-state index in [9.17, 15) is 0 Å². The lowest BCUT2D eigenvalue weighted by Gasteiger charge is -2.14. The zero-order chi connectivity index (χ0) is 10.7. The molecule has 1 spiro atoms. The van der Waals surface area contributed by atoms with E-state index in [1.807, 2.05) is 0 Å². The van der Waals surface area contributed by atoms with E-state index in [1.54, 1.807) is 0 Å². The Bertz CT molecular complexity index is 195. The fraction of sp³-hybridized carbons (Fsp3) is 1.00. The van der Waals surface area contributed by atoms with E-state index in [2.05, 4.69) is 19.2 Å². The molecule has 2 fully saturated rings. The summed E-state index contributed by atoms with van der Waals surface area (Å²) in [6.07, 6.45) is 5.43. The molecule has 0 aromatic carbocycles. The predicted molar refractivity (Wildman–Crippen MR) is 62.9 cm³/mol. The summed E-state index contributed by atoms with van der Waals surface area (Å²) in [5, 5.41) is 3.60. The van der Waals surface area contributed by atoms with Crippen LogP contribution in [-0.2, 0) is 4.74 Å². The van der Waals surface area contributed by atoms with Crippen LogP contribution in [0.25, 0.3) is 0 Å². The summed E-state index contributed by atoms with van der Waals surface area (Å²) in [7, 11) is 0. The lowest BCUT2D eigenvalue weighted by atomic mass is 9.94.